The van der Waals surface area contributed by atoms with Gasteiger partial charge >= 0.3 is 0 Å². The van der Waals surface area contributed by atoms with E-state index < -0.39 is 0 Å². The minimum atomic E-state index is 0.573. The van der Waals surface area contributed by atoms with Gasteiger partial charge in [0.15, 0.2) is 18.6 Å². The summed E-state index contributed by atoms with van der Waals surface area (Å²) in [5.41, 5.74) is 35.4. The van der Waals surface area contributed by atoms with Crippen molar-refractivity contribution in [3.8, 4) is 67.2 Å². The number of nitrogens with zero attached hydrogens (tertiary/aromatic N) is 3. The molecule has 3 saturated carbocycles. The summed E-state index contributed by atoms with van der Waals surface area (Å²) in [5, 5.41) is 0. The fraction of sp³-hybridized carbons (Fsp3) is 0.386. The van der Waals surface area contributed by atoms with Crippen LogP contribution in [0.5, 0.6) is 0 Å². The predicted octanol–water partition coefficient (Wildman–Crippen LogP) is 19.1. The molecule has 0 aliphatic heterocycles. The monoisotopic (exact) mass is 1130 g/mol. The molecule has 3 heteroatoms. The van der Waals surface area contributed by atoms with Crippen molar-refractivity contribution in [1.82, 2.24) is 0 Å². The molecule has 3 aromatic heterocycles. The van der Waals surface area contributed by atoms with E-state index in [1.165, 1.54) is 229 Å². The van der Waals surface area contributed by atoms with Gasteiger partial charge in [0.05, 0.1) is 0 Å². The number of hydrogen-bond donors (Lipinski definition) is 0. The zero-order valence-corrected chi connectivity index (χ0v) is 53.6. The first kappa shape index (κ1) is 57.8. The molecular weight excluding hydrogens is 1040 g/mol. The lowest BCUT2D eigenvalue weighted by Crippen LogP contribution is -2.31. The SMILES string of the molecule is Cc1c[n+](C)c(-c2ccccc2C)cc1-c1ccc2c(c1)CC1(CCCC1)C2.Cc1c[n+](C)c(-c2ccccc2C)cc1-c1ccc2c(c1)CC1(CCCCC1)C2.Cc1c[n+](C)c(-c2ccccc2C)cc1-c1ccc2c(c1)CCC1(CCCC1)C2. The van der Waals surface area contributed by atoms with E-state index in [1.54, 1.807) is 33.4 Å². The van der Waals surface area contributed by atoms with E-state index in [0.29, 0.717) is 16.2 Å². The molecule has 0 saturated heterocycles. The molecule has 3 nitrogen and oxygen atoms in total. The minimum absolute atomic E-state index is 0.573. The molecule has 0 N–H and O–H groups in total. The van der Waals surface area contributed by atoms with Gasteiger partial charge in [-0.1, -0.05) is 154 Å². The Morgan fingerprint density at radius 1 is 0.267 bits per heavy atom. The van der Waals surface area contributed by atoms with E-state index in [4.69, 9.17) is 0 Å². The fourth-order valence-electron chi connectivity index (χ4n) is 17.4. The summed E-state index contributed by atoms with van der Waals surface area (Å²) in [6.07, 6.45) is 34.6. The maximum atomic E-state index is 2.50. The molecule has 0 atom stereocenters. The topological polar surface area (TPSA) is 11.6 Å². The quantitative estimate of drug-likeness (QED) is 0.147. The average molecular weight is 1130 g/mol. The van der Waals surface area contributed by atoms with Gasteiger partial charge in [-0.15, -0.1) is 0 Å². The van der Waals surface area contributed by atoms with Crippen molar-refractivity contribution in [2.24, 2.45) is 37.4 Å². The Balaban J connectivity index is 0.000000120. The molecular formula is C83H94N3+3. The van der Waals surface area contributed by atoms with Crippen LogP contribution in [0.4, 0.5) is 0 Å². The smallest absolute Gasteiger partial charge is 0.201 e. The van der Waals surface area contributed by atoms with Crippen molar-refractivity contribution in [2.75, 3.05) is 0 Å². The average Bonchev–Trinajstić information content (AvgIpc) is 1.99. The third-order valence-corrected chi connectivity index (χ3v) is 22.2. The number of pyridine rings is 3. The maximum Gasteiger partial charge on any atom is 0.213 e. The highest BCUT2D eigenvalue weighted by atomic mass is 14.9. The molecule has 0 amide bonds. The van der Waals surface area contributed by atoms with Gasteiger partial charge in [0.2, 0.25) is 17.1 Å². The highest BCUT2D eigenvalue weighted by molar-refractivity contribution is 5.76. The molecule has 3 spiro atoms. The van der Waals surface area contributed by atoms with Gasteiger partial charge in [-0.3, -0.25) is 0 Å². The van der Waals surface area contributed by atoms with Gasteiger partial charge in [-0.05, 0) is 243 Å². The van der Waals surface area contributed by atoms with Crippen LogP contribution >= 0.6 is 0 Å². The second-order valence-electron chi connectivity index (χ2n) is 28.4. The van der Waals surface area contributed by atoms with Gasteiger partial charge in [0.25, 0.3) is 0 Å². The van der Waals surface area contributed by atoms with Crippen LogP contribution in [0.15, 0.2) is 164 Å². The largest absolute Gasteiger partial charge is 0.213 e. The van der Waals surface area contributed by atoms with Crippen LogP contribution in [0, 0.1) is 57.8 Å². The first-order valence-electron chi connectivity index (χ1n) is 33.2. The number of fused-ring (bicyclic) bond motifs is 3. The number of aryl methyl sites for hydroxylation is 10. The zero-order valence-electron chi connectivity index (χ0n) is 53.6. The molecule has 0 unspecified atom stereocenters. The fourth-order valence-corrected chi connectivity index (χ4v) is 17.4. The van der Waals surface area contributed by atoms with Crippen molar-refractivity contribution >= 4 is 0 Å². The Morgan fingerprint density at radius 3 is 0.942 bits per heavy atom. The van der Waals surface area contributed by atoms with Crippen LogP contribution in [-0.4, -0.2) is 0 Å². The standard InChI is InChI=1S/2C28H32N.C27H30N/c1-20-9-5-6-10-25(20)27-16-26(21(2)19-29(27)3)22-11-12-23-17-28(18-24(23)15-22)13-7-4-8-14-28;1-20-8-4-5-9-25(20)27-17-26(21(2)19-29(27)3)23-10-11-24-18-28(13-6-7-14-28)15-12-22(24)16-23;1-19-8-4-5-9-24(19)26-15-25(20(2)18-28(26)3)21-10-11-22-16-27(12-6-7-13-27)17-23(22)14-21/h5-6,9-12,15-16,19H,4,7-8,13-14,17-18H2,1-3H3;4-5,8-11,16-17,19H,6-7,12-15,18H2,1-3H3;4-5,8-11,14-15,18H,6-7,12-13,16-17H2,1-3H3/q3*+1. The van der Waals surface area contributed by atoms with Gasteiger partial charge in [-0.2, -0.15) is 0 Å². The molecule has 6 aliphatic rings. The summed E-state index contributed by atoms with van der Waals surface area (Å²) in [4.78, 5) is 0. The molecule has 6 aliphatic carbocycles. The van der Waals surface area contributed by atoms with Crippen LogP contribution < -0.4 is 13.7 Å². The second kappa shape index (κ2) is 23.8. The first-order valence-corrected chi connectivity index (χ1v) is 33.2. The van der Waals surface area contributed by atoms with E-state index in [-0.39, 0.29) is 0 Å². The predicted molar refractivity (Wildman–Crippen MR) is 358 cm³/mol. The van der Waals surface area contributed by atoms with Crippen molar-refractivity contribution in [2.45, 2.75) is 170 Å². The van der Waals surface area contributed by atoms with Crippen LogP contribution in [-0.2, 0) is 59.7 Å². The molecule has 0 bridgehead atoms. The molecule has 6 aromatic carbocycles. The number of rotatable bonds is 6. The maximum absolute atomic E-state index is 2.50. The Bertz CT molecular complexity index is 4020. The molecule has 86 heavy (non-hydrogen) atoms. The zero-order chi connectivity index (χ0) is 59.3. The van der Waals surface area contributed by atoms with Crippen molar-refractivity contribution in [3.63, 3.8) is 0 Å². The van der Waals surface area contributed by atoms with E-state index in [2.05, 4.69) is 241 Å². The van der Waals surface area contributed by atoms with Crippen molar-refractivity contribution in [3.05, 3.63) is 231 Å². The Kier molecular flexibility index (Phi) is 16.0. The number of hydrogen-bond acceptors (Lipinski definition) is 0. The molecule has 9 aromatic rings. The third-order valence-electron chi connectivity index (χ3n) is 22.2. The van der Waals surface area contributed by atoms with E-state index >= 15 is 0 Å². The van der Waals surface area contributed by atoms with Gasteiger partial charge in [-0.25, -0.2) is 13.7 Å². The lowest BCUT2D eigenvalue weighted by Gasteiger charge is -2.35. The highest BCUT2D eigenvalue weighted by Gasteiger charge is 2.41. The Hall–Kier alpha value is -7.23. The van der Waals surface area contributed by atoms with Crippen molar-refractivity contribution < 1.29 is 13.7 Å². The summed E-state index contributed by atoms with van der Waals surface area (Å²) in [5.74, 6) is 0. The summed E-state index contributed by atoms with van der Waals surface area (Å²) in [7, 11) is 6.48. The molecule has 3 fully saturated rings. The van der Waals surface area contributed by atoms with Crippen LogP contribution in [0.25, 0.3) is 67.2 Å². The second-order valence-corrected chi connectivity index (χ2v) is 28.4. The molecule has 438 valence electrons. The van der Waals surface area contributed by atoms with E-state index in [9.17, 15) is 0 Å². The lowest BCUT2D eigenvalue weighted by molar-refractivity contribution is -0.660. The first-order chi connectivity index (χ1) is 41.6. The lowest BCUT2D eigenvalue weighted by atomic mass is 9.70. The Morgan fingerprint density at radius 2 is 0.570 bits per heavy atom. The molecule has 15 rings (SSSR count). The van der Waals surface area contributed by atoms with Crippen LogP contribution in [0.1, 0.15) is 157 Å². The van der Waals surface area contributed by atoms with Gasteiger partial charge < -0.3 is 0 Å². The van der Waals surface area contributed by atoms with Crippen molar-refractivity contribution in [1.29, 1.82) is 0 Å². The van der Waals surface area contributed by atoms with E-state index in [1.807, 2.05) is 0 Å². The van der Waals surface area contributed by atoms with Crippen LogP contribution in [0.3, 0.4) is 0 Å². The van der Waals surface area contributed by atoms with Crippen LogP contribution in [0.2, 0.25) is 0 Å². The van der Waals surface area contributed by atoms with Gasteiger partial charge in [0, 0.05) is 51.6 Å². The summed E-state index contributed by atoms with van der Waals surface area (Å²) in [6, 6.07) is 55.1. The summed E-state index contributed by atoms with van der Waals surface area (Å²) in [6.45, 7) is 13.3. The summed E-state index contributed by atoms with van der Waals surface area (Å²) < 4.78 is 6.80. The highest BCUT2D eigenvalue weighted by Crippen LogP contribution is 2.51. The molecule has 0 radical (unpaired) electrons. The summed E-state index contributed by atoms with van der Waals surface area (Å²) >= 11 is 0. The minimum Gasteiger partial charge on any atom is -0.201 e. The normalized spacial score (nSPS) is 17.4. The number of aromatic nitrogens is 3. The number of benzene rings is 6. The van der Waals surface area contributed by atoms with E-state index in [0.717, 1.165) is 0 Å². The molecule has 3 heterocycles. The third kappa shape index (κ3) is 11.5. The van der Waals surface area contributed by atoms with Gasteiger partial charge in [0.1, 0.15) is 21.1 Å². The Labute approximate surface area is 516 Å².